The number of rotatable bonds is 9. The molecule has 0 radical (unpaired) electrons. The number of fused-ring (bicyclic) bond motifs is 1. The first-order valence-electron chi connectivity index (χ1n) is 8.03. The Morgan fingerprint density at radius 2 is 1.90 bits per heavy atom. The van der Waals surface area contributed by atoms with Gasteiger partial charge in [-0.1, -0.05) is 57.7 Å². The summed E-state index contributed by atoms with van der Waals surface area (Å²) in [6.07, 6.45) is 8.81. The molecule has 0 atom stereocenters. The van der Waals surface area contributed by atoms with Crippen molar-refractivity contribution >= 4 is 10.9 Å². The van der Waals surface area contributed by atoms with Gasteiger partial charge in [-0.2, -0.15) is 0 Å². The summed E-state index contributed by atoms with van der Waals surface area (Å²) in [6, 6.07) is 8.63. The highest BCUT2D eigenvalue weighted by Crippen LogP contribution is 2.16. The van der Waals surface area contributed by atoms with Crippen LogP contribution in [0.3, 0.4) is 0 Å². The lowest BCUT2D eigenvalue weighted by Gasteiger charge is -2.07. The zero-order valence-electron chi connectivity index (χ0n) is 12.9. The first-order chi connectivity index (χ1) is 9.77. The van der Waals surface area contributed by atoms with Crippen molar-refractivity contribution in [2.45, 2.75) is 52.5 Å². The smallest absolute Gasteiger partial charge is 0.0499 e. The van der Waals surface area contributed by atoms with Gasteiger partial charge in [-0.05, 0) is 35.9 Å². The number of hydrogen-bond acceptors (Lipinski definition) is 1. The third-order valence-electron chi connectivity index (χ3n) is 3.87. The number of benzene rings is 1. The lowest BCUT2D eigenvalue weighted by atomic mass is 10.0. The molecule has 2 N–H and O–H groups in total. The van der Waals surface area contributed by atoms with Gasteiger partial charge < -0.3 is 10.3 Å². The van der Waals surface area contributed by atoms with Gasteiger partial charge in [0.15, 0.2) is 0 Å². The lowest BCUT2D eigenvalue weighted by Crippen LogP contribution is -2.14. The third-order valence-corrected chi connectivity index (χ3v) is 3.87. The highest BCUT2D eigenvalue weighted by Gasteiger charge is 2.00. The van der Waals surface area contributed by atoms with E-state index in [9.17, 15) is 0 Å². The molecule has 0 fully saturated rings. The molecule has 2 aromatic rings. The quantitative estimate of drug-likeness (QED) is 0.627. The van der Waals surface area contributed by atoms with Crippen molar-refractivity contribution in [2.75, 3.05) is 6.54 Å². The molecule has 0 aliphatic heterocycles. The molecule has 2 rings (SSSR count). The summed E-state index contributed by atoms with van der Waals surface area (Å²) in [5.74, 6) is 0.856. The molecule has 110 valence electrons. The van der Waals surface area contributed by atoms with Crippen LogP contribution in [0.1, 0.15) is 51.5 Å². The zero-order chi connectivity index (χ0) is 14.2. The molecule has 0 aliphatic carbocycles. The van der Waals surface area contributed by atoms with Crippen molar-refractivity contribution in [1.29, 1.82) is 0 Å². The number of para-hydroxylation sites is 1. The molecule has 0 saturated heterocycles. The van der Waals surface area contributed by atoms with Crippen LogP contribution < -0.4 is 5.32 Å². The van der Waals surface area contributed by atoms with E-state index in [1.165, 1.54) is 48.6 Å². The number of unbranched alkanes of at least 4 members (excludes halogenated alkanes) is 3. The van der Waals surface area contributed by atoms with Crippen molar-refractivity contribution < 1.29 is 0 Å². The molecule has 0 bridgehead atoms. The fourth-order valence-corrected chi connectivity index (χ4v) is 2.68. The predicted molar refractivity (Wildman–Crippen MR) is 87.9 cm³/mol. The van der Waals surface area contributed by atoms with Crippen LogP contribution in [-0.4, -0.2) is 11.5 Å². The minimum Gasteiger partial charge on any atom is -0.361 e. The van der Waals surface area contributed by atoms with Gasteiger partial charge in [-0.3, -0.25) is 0 Å². The van der Waals surface area contributed by atoms with Gasteiger partial charge in [0.25, 0.3) is 0 Å². The Labute approximate surface area is 123 Å². The molecule has 0 aliphatic rings. The second-order valence-corrected chi connectivity index (χ2v) is 6.13. The summed E-state index contributed by atoms with van der Waals surface area (Å²) in [7, 11) is 0. The van der Waals surface area contributed by atoms with E-state index in [2.05, 4.69) is 48.4 Å². The van der Waals surface area contributed by atoms with Crippen molar-refractivity contribution in [3.63, 3.8) is 0 Å². The van der Waals surface area contributed by atoms with Crippen molar-refractivity contribution in [1.82, 2.24) is 10.3 Å². The maximum absolute atomic E-state index is 3.56. The van der Waals surface area contributed by atoms with Gasteiger partial charge in [-0.25, -0.2) is 0 Å². The average Bonchev–Trinajstić information content (AvgIpc) is 2.90. The minimum atomic E-state index is 0.856. The van der Waals surface area contributed by atoms with Crippen molar-refractivity contribution in [3.8, 4) is 0 Å². The Bertz CT molecular complexity index is 499. The topological polar surface area (TPSA) is 27.8 Å². The molecule has 1 heterocycles. The normalized spacial score (nSPS) is 11.6. The highest BCUT2D eigenvalue weighted by atomic mass is 14.8. The van der Waals surface area contributed by atoms with E-state index < -0.39 is 0 Å². The van der Waals surface area contributed by atoms with E-state index >= 15 is 0 Å². The van der Waals surface area contributed by atoms with Gasteiger partial charge in [0.05, 0.1) is 0 Å². The second-order valence-electron chi connectivity index (χ2n) is 6.13. The largest absolute Gasteiger partial charge is 0.361 e. The lowest BCUT2D eigenvalue weighted by molar-refractivity contribution is 0.512. The second kappa shape index (κ2) is 8.11. The fourth-order valence-electron chi connectivity index (χ4n) is 2.68. The van der Waals surface area contributed by atoms with E-state index in [1.807, 2.05) is 6.20 Å². The molecule has 2 nitrogen and oxygen atoms in total. The molecule has 1 aromatic carbocycles. The van der Waals surface area contributed by atoms with Gasteiger partial charge in [0, 0.05) is 18.3 Å². The molecule has 2 heteroatoms. The summed E-state index contributed by atoms with van der Waals surface area (Å²) in [4.78, 5) is 3.33. The Morgan fingerprint density at radius 1 is 1.05 bits per heavy atom. The fraction of sp³-hybridized carbons (Fsp3) is 0.556. The minimum absolute atomic E-state index is 0.856. The van der Waals surface area contributed by atoms with Crippen molar-refractivity contribution in [3.05, 3.63) is 36.0 Å². The van der Waals surface area contributed by atoms with Crippen LogP contribution in [0.4, 0.5) is 0 Å². The Kier molecular flexibility index (Phi) is 6.13. The molecular formula is C18H28N2. The maximum Gasteiger partial charge on any atom is 0.0499 e. The Balaban J connectivity index is 1.61. The van der Waals surface area contributed by atoms with Gasteiger partial charge >= 0.3 is 0 Å². The molecule has 0 saturated carbocycles. The van der Waals surface area contributed by atoms with E-state index in [0.29, 0.717) is 0 Å². The van der Waals surface area contributed by atoms with E-state index in [0.717, 1.165) is 19.0 Å². The van der Waals surface area contributed by atoms with E-state index in [4.69, 9.17) is 0 Å². The summed E-state index contributed by atoms with van der Waals surface area (Å²) < 4.78 is 0. The first-order valence-corrected chi connectivity index (χ1v) is 8.03. The molecule has 1 aromatic heterocycles. The average molecular weight is 272 g/mol. The molecular weight excluding hydrogens is 244 g/mol. The Morgan fingerprint density at radius 3 is 2.75 bits per heavy atom. The number of H-pyrrole nitrogens is 1. The van der Waals surface area contributed by atoms with Crippen LogP contribution >= 0.6 is 0 Å². The molecule has 0 spiro atoms. The maximum atomic E-state index is 3.56. The van der Waals surface area contributed by atoms with Gasteiger partial charge in [0.1, 0.15) is 0 Å². The first kappa shape index (κ1) is 15.1. The van der Waals surface area contributed by atoms with Crippen LogP contribution in [0.2, 0.25) is 0 Å². The standard InChI is InChI=1S/C18H28N2/c1-15(2)8-5-3-4-6-12-19-14-17-10-7-9-16-11-13-20-18(16)17/h7,9-11,13,15,19-20H,3-6,8,12,14H2,1-2H3. The zero-order valence-corrected chi connectivity index (χ0v) is 12.9. The van der Waals surface area contributed by atoms with Crippen LogP contribution in [-0.2, 0) is 6.54 Å². The molecule has 20 heavy (non-hydrogen) atoms. The van der Waals surface area contributed by atoms with Crippen molar-refractivity contribution in [2.24, 2.45) is 5.92 Å². The van der Waals surface area contributed by atoms with Crippen LogP contribution in [0.25, 0.3) is 10.9 Å². The van der Waals surface area contributed by atoms with E-state index in [1.54, 1.807) is 0 Å². The molecule has 0 amide bonds. The monoisotopic (exact) mass is 272 g/mol. The highest BCUT2D eigenvalue weighted by molar-refractivity contribution is 5.82. The van der Waals surface area contributed by atoms with Crippen LogP contribution in [0.5, 0.6) is 0 Å². The Hall–Kier alpha value is -1.28. The summed E-state index contributed by atoms with van der Waals surface area (Å²) in [6.45, 7) is 6.70. The summed E-state index contributed by atoms with van der Waals surface area (Å²) in [5, 5.41) is 4.87. The van der Waals surface area contributed by atoms with Gasteiger partial charge in [0.2, 0.25) is 0 Å². The molecule has 0 unspecified atom stereocenters. The number of hydrogen-bond donors (Lipinski definition) is 2. The van der Waals surface area contributed by atoms with E-state index in [-0.39, 0.29) is 0 Å². The van der Waals surface area contributed by atoms with Crippen LogP contribution in [0, 0.1) is 5.92 Å². The predicted octanol–water partition coefficient (Wildman–Crippen LogP) is 4.86. The van der Waals surface area contributed by atoms with Crippen LogP contribution in [0.15, 0.2) is 30.5 Å². The number of nitrogens with one attached hydrogen (secondary N) is 2. The third kappa shape index (κ3) is 4.68. The summed E-state index contributed by atoms with van der Waals surface area (Å²) >= 11 is 0. The summed E-state index contributed by atoms with van der Waals surface area (Å²) in [5.41, 5.74) is 2.64. The number of aromatic amines is 1. The number of aromatic nitrogens is 1. The van der Waals surface area contributed by atoms with Gasteiger partial charge in [-0.15, -0.1) is 0 Å². The SMILES string of the molecule is CC(C)CCCCCCNCc1cccc2cc[nH]c12.